The van der Waals surface area contributed by atoms with Gasteiger partial charge in [-0.3, -0.25) is 4.52 Å². The lowest BCUT2D eigenvalue weighted by molar-refractivity contribution is -0.145. The third kappa shape index (κ3) is 14.6. The number of hydrogen-bond donors (Lipinski definition) is 5. The third-order valence-corrected chi connectivity index (χ3v) is 5.38. The van der Waals surface area contributed by atoms with Crippen LogP contribution >= 0.6 is 7.82 Å². The van der Waals surface area contributed by atoms with E-state index in [4.69, 9.17) is 14.5 Å². The SMILES string of the molecule is CCN(CC)CC.CCN(CC)CC.COC[C@@H](O)[C@@H]1O[C@H](OP(=O)(O)O)[C@H](O)[C@H]1O. The van der Waals surface area contributed by atoms with E-state index < -0.39 is 38.5 Å². The number of nitrogens with zero attached hydrogens (tertiary/aromatic N) is 2. The van der Waals surface area contributed by atoms with Crippen molar-refractivity contribution in [3.8, 4) is 0 Å². The van der Waals surface area contributed by atoms with Crippen LogP contribution in [0.5, 0.6) is 0 Å². The monoisotopic (exact) mass is 476 g/mol. The van der Waals surface area contributed by atoms with Crippen molar-refractivity contribution >= 4 is 7.82 Å². The van der Waals surface area contributed by atoms with E-state index in [0.29, 0.717) is 0 Å². The summed E-state index contributed by atoms with van der Waals surface area (Å²) in [5.74, 6) is 0. The quantitative estimate of drug-likeness (QED) is 0.261. The van der Waals surface area contributed by atoms with Crippen LogP contribution in [0.2, 0.25) is 0 Å². The molecule has 0 aromatic carbocycles. The lowest BCUT2D eigenvalue weighted by Gasteiger charge is -2.19. The number of rotatable bonds is 11. The Hall–Kier alpha value is -0.170. The molecule has 0 saturated carbocycles. The molecule has 12 heteroatoms. The van der Waals surface area contributed by atoms with Crippen LogP contribution in [-0.2, 0) is 18.6 Å². The van der Waals surface area contributed by atoms with Crippen molar-refractivity contribution in [2.24, 2.45) is 0 Å². The molecule has 1 heterocycles. The summed E-state index contributed by atoms with van der Waals surface area (Å²) in [6.45, 7) is 20.1. The van der Waals surface area contributed by atoms with Gasteiger partial charge in [-0.2, -0.15) is 0 Å². The number of methoxy groups -OCH3 is 1. The van der Waals surface area contributed by atoms with Crippen molar-refractivity contribution in [2.75, 3.05) is 53.0 Å². The molecule has 0 aromatic heterocycles. The highest BCUT2D eigenvalue weighted by atomic mass is 31.2. The molecular formula is C19H45N2O9P. The Balaban J connectivity index is 0. The van der Waals surface area contributed by atoms with Gasteiger partial charge < -0.3 is 44.4 Å². The molecule has 0 unspecified atom stereocenters. The van der Waals surface area contributed by atoms with E-state index in [2.05, 4.69) is 60.6 Å². The van der Waals surface area contributed by atoms with Gasteiger partial charge in [0.1, 0.15) is 24.4 Å². The average molecular weight is 477 g/mol. The number of ether oxygens (including phenoxy) is 2. The second-order valence-corrected chi connectivity index (χ2v) is 8.00. The van der Waals surface area contributed by atoms with Gasteiger partial charge in [-0.25, -0.2) is 4.57 Å². The molecule has 0 amide bonds. The number of phosphoric acid groups is 1. The van der Waals surface area contributed by atoms with Crippen LogP contribution in [0.25, 0.3) is 0 Å². The van der Waals surface area contributed by atoms with Crippen LogP contribution in [0.15, 0.2) is 0 Å². The molecule has 31 heavy (non-hydrogen) atoms. The van der Waals surface area contributed by atoms with Crippen molar-refractivity contribution in [3.05, 3.63) is 0 Å². The fourth-order valence-electron chi connectivity index (χ4n) is 2.82. The van der Waals surface area contributed by atoms with Crippen molar-refractivity contribution in [1.29, 1.82) is 0 Å². The van der Waals surface area contributed by atoms with Gasteiger partial charge in [0, 0.05) is 7.11 Å². The fourth-order valence-corrected chi connectivity index (χ4v) is 3.26. The average Bonchev–Trinajstić information content (AvgIpc) is 2.99. The van der Waals surface area contributed by atoms with E-state index >= 15 is 0 Å². The van der Waals surface area contributed by atoms with Crippen molar-refractivity contribution in [1.82, 2.24) is 9.80 Å². The van der Waals surface area contributed by atoms with Crippen LogP contribution in [0.4, 0.5) is 0 Å². The van der Waals surface area contributed by atoms with Crippen LogP contribution in [0.3, 0.4) is 0 Å². The first-order valence-corrected chi connectivity index (χ1v) is 12.4. The molecule has 1 fully saturated rings. The molecule has 1 aliphatic rings. The molecule has 5 atom stereocenters. The van der Waals surface area contributed by atoms with Gasteiger partial charge in [0.05, 0.1) is 6.61 Å². The minimum Gasteiger partial charge on any atom is -0.388 e. The first kappa shape index (κ1) is 33.0. The molecule has 190 valence electrons. The van der Waals surface area contributed by atoms with E-state index in [1.807, 2.05) is 0 Å². The lowest BCUT2D eigenvalue weighted by atomic mass is 10.1. The van der Waals surface area contributed by atoms with E-state index in [1.165, 1.54) is 46.4 Å². The molecule has 0 aliphatic carbocycles. The first-order valence-electron chi connectivity index (χ1n) is 10.8. The second kappa shape index (κ2) is 18.3. The van der Waals surface area contributed by atoms with Crippen LogP contribution in [-0.4, -0.2) is 119 Å². The zero-order valence-corrected chi connectivity index (χ0v) is 20.9. The van der Waals surface area contributed by atoms with Gasteiger partial charge in [-0.15, -0.1) is 0 Å². The fraction of sp³-hybridized carbons (Fsp3) is 1.00. The number of hydrogen-bond acceptors (Lipinski definition) is 9. The normalized spacial score (nSPS) is 24.5. The Bertz CT molecular complexity index is 439. The predicted molar refractivity (Wildman–Crippen MR) is 119 cm³/mol. The zero-order chi connectivity index (χ0) is 24.6. The van der Waals surface area contributed by atoms with E-state index in [0.717, 1.165) is 0 Å². The van der Waals surface area contributed by atoms with Crippen LogP contribution in [0.1, 0.15) is 41.5 Å². The Morgan fingerprint density at radius 1 is 0.871 bits per heavy atom. The Morgan fingerprint density at radius 3 is 1.52 bits per heavy atom. The predicted octanol–water partition coefficient (Wildman–Crippen LogP) is 0.246. The molecule has 0 radical (unpaired) electrons. The van der Waals surface area contributed by atoms with Crippen molar-refractivity contribution < 1.29 is 43.7 Å². The minimum absolute atomic E-state index is 0.170. The lowest BCUT2D eigenvalue weighted by Crippen LogP contribution is -2.40. The number of aliphatic hydroxyl groups is 3. The summed E-state index contributed by atoms with van der Waals surface area (Å²) in [6, 6.07) is 0. The largest absolute Gasteiger partial charge is 0.472 e. The summed E-state index contributed by atoms with van der Waals surface area (Å²) in [5, 5.41) is 28.4. The highest BCUT2D eigenvalue weighted by molar-refractivity contribution is 7.46. The molecule has 0 aromatic rings. The standard InChI is InChI=1S/C7H15O9P.2C6H15N/c1-14-2-3(8)6-4(9)5(10)7(15-6)16-17(11,12)13;2*1-4-7(5-2)6-3/h3-10H,2H2,1H3,(H2,11,12,13);2*4-6H2,1-3H3/t3-,4-,5-,6+,7-;;/m1../s1. The van der Waals surface area contributed by atoms with E-state index in [-0.39, 0.29) is 6.61 Å². The summed E-state index contributed by atoms with van der Waals surface area (Å²) in [4.78, 5) is 21.8. The maximum absolute atomic E-state index is 10.6. The maximum Gasteiger partial charge on any atom is 0.472 e. The first-order chi connectivity index (χ1) is 14.5. The maximum atomic E-state index is 10.6. The molecular weight excluding hydrogens is 431 g/mol. The number of phosphoric ester groups is 1. The van der Waals surface area contributed by atoms with E-state index in [1.54, 1.807) is 0 Å². The topological polar surface area (TPSA) is 152 Å². The summed E-state index contributed by atoms with van der Waals surface area (Å²) in [6.07, 6.45) is -7.41. The minimum atomic E-state index is -4.86. The molecule has 5 N–H and O–H groups in total. The molecule has 1 saturated heterocycles. The van der Waals surface area contributed by atoms with Gasteiger partial charge in [0.25, 0.3) is 0 Å². The van der Waals surface area contributed by atoms with Gasteiger partial charge >= 0.3 is 7.82 Å². The number of aliphatic hydroxyl groups excluding tert-OH is 3. The molecule has 1 aliphatic heterocycles. The second-order valence-electron chi connectivity index (χ2n) is 6.81. The summed E-state index contributed by atoms with van der Waals surface area (Å²) < 4.78 is 24.1. The van der Waals surface area contributed by atoms with Gasteiger partial charge in [0.15, 0.2) is 6.29 Å². The van der Waals surface area contributed by atoms with Gasteiger partial charge in [-0.05, 0) is 39.3 Å². The van der Waals surface area contributed by atoms with E-state index in [9.17, 15) is 19.9 Å². The van der Waals surface area contributed by atoms with Crippen molar-refractivity contribution in [2.45, 2.75) is 72.2 Å². The third-order valence-electron chi connectivity index (χ3n) is 4.90. The highest BCUT2D eigenvalue weighted by Crippen LogP contribution is 2.41. The smallest absolute Gasteiger partial charge is 0.388 e. The zero-order valence-electron chi connectivity index (χ0n) is 20.0. The molecule has 1 rings (SSSR count). The highest BCUT2D eigenvalue weighted by Gasteiger charge is 2.48. The molecule has 0 bridgehead atoms. The summed E-state index contributed by atoms with van der Waals surface area (Å²) in [7, 11) is -3.55. The van der Waals surface area contributed by atoms with Crippen molar-refractivity contribution in [3.63, 3.8) is 0 Å². The molecule has 11 nitrogen and oxygen atoms in total. The Kier molecular flexibility index (Phi) is 19.5. The van der Waals surface area contributed by atoms with Crippen LogP contribution < -0.4 is 0 Å². The van der Waals surface area contributed by atoms with Gasteiger partial charge in [0.2, 0.25) is 0 Å². The molecule has 0 spiro atoms. The Labute approximate surface area is 187 Å². The summed E-state index contributed by atoms with van der Waals surface area (Å²) >= 11 is 0. The van der Waals surface area contributed by atoms with Crippen LogP contribution in [0, 0.1) is 0 Å². The summed E-state index contributed by atoms with van der Waals surface area (Å²) in [5.41, 5.74) is 0. The Morgan fingerprint density at radius 2 is 1.26 bits per heavy atom. The van der Waals surface area contributed by atoms with Gasteiger partial charge in [-0.1, -0.05) is 41.5 Å².